The third-order valence-corrected chi connectivity index (χ3v) is 2.15. The highest BCUT2D eigenvalue weighted by Gasteiger charge is 2.15. The first-order valence-corrected chi connectivity index (χ1v) is 4.88. The summed E-state index contributed by atoms with van der Waals surface area (Å²) in [6.45, 7) is -0.132. The van der Waals surface area contributed by atoms with Gasteiger partial charge in [0.05, 0.1) is 30.5 Å². The number of anilines is 1. The van der Waals surface area contributed by atoms with Crippen LogP contribution in [0.4, 0.5) is 14.5 Å². The van der Waals surface area contributed by atoms with Crippen LogP contribution in [0.2, 0.25) is 0 Å². The van der Waals surface area contributed by atoms with Crippen LogP contribution < -0.4 is 5.32 Å². The average Bonchev–Trinajstić information content (AvgIpc) is 2.34. The van der Waals surface area contributed by atoms with Crippen molar-refractivity contribution < 1.29 is 18.6 Å². The summed E-state index contributed by atoms with van der Waals surface area (Å²) in [6.07, 6.45) is 0. The molecule has 6 heteroatoms. The fourth-order valence-corrected chi connectivity index (χ4v) is 1.31. The Hall–Kier alpha value is -1.71. The van der Waals surface area contributed by atoms with Crippen LogP contribution in [0.15, 0.2) is 12.1 Å². The lowest BCUT2D eigenvalue weighted by Gasteiger charge is -2.17. The third-order valence-electron chi connectivity index (χ3n) is 2.15. The van der Waals surface area contributed by atoms with Crippen molar-refractivity contribution in [1.82, 2.24) is 0 Å². The number of halogens is 2. The number of benzene rings is 1. The Morgan fingerprint density at radius 1 is 1.47 bits per heavy atom. The molecule has 1 aromatic carbocycles. The molecule has 0 bridgehead atoms. The second-order valence-corrected chi connectivity index (χ2v) is 3.38. The maximum Gasteiger partial charge on any atom is 0.183 e. The molecule has 1 atom stereocenters. The second-order valence-electron chi connectivity index (χ2n) is 3.38. The van der Waals surface area contributed by atoms with E-state index in [4.69, 9.17) is 15.1 Å². The molecule has 0 saturated carbocycles. The first-order valence-electron chi connectivity index (χ1n) is 4.88. The standard InChI is InChI=1S/C11H12F2N2O2/c1-17-6-8(5-16)15-9-3-2-7(4-14)10(12)11(9)13/h2-3,8,15-16H,5-6H2,1H3. The summed E-state index contributed by atoms with van der Waals surface area (Å²) < 4.78 is 31.5. The highest BCUT2D eigenvalue weighted by Crippen LogP contribution is 2.20. The van der Waals surface area contributed by atoms with E-state index >= 15 is 0 Å². The number of hydrogen-bond acceptors (Lipinski definition) is 4. The lowest BCUT2D eigenvalue weighted by atomic mass is 10.2. The van der Waals surface area contributed by atoms with Crippen LogP contribution >= 0.6 is 0 Å². The van der Waals surface area contributed by atoms with Crippen molar-refractivity contribution in [3.8, 4) is 6.07 Å². The Bertz CT molecular complexity index is 432. The molecule has 0 aliphatic carbocycles. The van der Waals surface area contributed by atoms with E-state index in [1.165, 1.54) is 25.3 Å². The van der Waals surface area contributed by atoms with E-state index in [9.17, 15) is 8.78 Å². The molecule has 0 aromatic heterocycles. The van der Waals surface area contributed by atoms with Gasteiger partial charge in [0.2, 0.25) is 0 Å². The van der Waals surface area contributed by atoms with Gasteiger partial charge in [-0.2, -0.15) is 5.26 Å². The van der Waals surface area contributed by atoms with Crippen molar-refractivity contribution in [2.24, 2.45) is 0 Å². The fraction of sp³-hybridized carbons (Fsp3) is 0.364. The lowest BCUT2D eigenvalue weighted by Crippen LogP contribution is -2.29. The Kier molecular flexibility index (Phi) is 4.82. The normalized spacial score (nSPS) is 11.9. The van der Waals surface area contributed by atoms with Gasteiger partial charge in [0.25, 0.3) is 0 Å². The zero-order valence-electron chi connectivity index (χ0n) is 9.20. The van der Waals surface area contributed by atoms with Crippen molar-refractivity contribution in [2.75, 3.05) is 25.6 Å². The molecule has 0 radical (unpaired) electrons. The fourth-order valence-electron chi connectivity index (χ4n) is 1.31. The lowest BCUT2D eigenvalue weighted by molar-refractivity contribution is 0.153. The van der Waals surface area contributed by atoms with Crippen molar-refractivity contribution in [2.45, 2.75) is 6.04 Å². The highest BCUT2D eigenvalue weighted by atomic mass is 19.2. The van der Waals surface area contributed by atoms with E-state index in [1.807, 2.05) is 0 Å². The molecule has 92 valence electrons. The van der Waals surface area contributed by atoms with Crippen LogP contribution in [0.3, 0.4) is 0 Å². The zero-order valence-corrected chi connectivity index (χ0v) is 9.20. The molecule has 0 aliphatic heterocycles. The molecule has 1 rings (SSSR count). The SMILES string of the molecule is COCC(CO)Nc1ccc(C#N)c(F)c1F. The number of aliphatic hydroxyl groups is 1. The molecule has 0 spiro atoms. The summed E-state index contributed by atoms with van der Waals surface area (Å²) in [4.78, 5) is 0. The number of nitrogens with one attached hydrogen (secondary N) is 1. The van der Waals surface area contributed by atoms with E-state index in [0.717, 1.165) is 0 Å². The van der Waals surface area contributed by atoms with Gasteiger partial charge in [-0.25, -0.2) is 8.78 Å². The summed E-state index contributed by atoms with van der Waals surface area (Å²) in [7, 11) is 1.43. The van der Waals surface area contributed by atoms with Gasteiger partial charge in [0.15, 0.2) is 11.6 Å². The first-order chi connectivity index (χ1) is 8.13. The predicted octanol–water partition coefficient (Wildman–Crippen LogP) is 1.26. The zero-order chi connectivity index (χ0) is 12.8. The van der Waals surface area contributed by atoms with Gasteiger partial charge < -0.3 is 15.2 Å². The van der Waals surface area contributed by atoms with Gasteiger partial charge in [-0.3, -0.25) is 0 Å². The summed E-state index contributed by atoms with van der Waals surface area (Å²) in [5, 5.41) is 20.1. The van der Waals surface area contributed by atoms with Crippen molar-refractivity contribution >= 4 is 5.69 Å². The van der Waals surface area contributed by atoms with Crippen molar-refractivity contribution in [1.29, 1.82) is 5.26 Å². The molecular formula is C11H12F2N2O2. The highest BCUT2D eigenvalue weighted by molar-refractivity contribution is 5.50. The summed E-state index contributed by atoms with van der Waals surface area (Å²) in [5.74, 6) is -2.34. The van der Waals surface area contributed by atoms with Gasteiger partial charge in [0, 0.05) is 7.11 Å². The first kappa shape index (κ1) is 13.4. The molecule has 0 amide bonds. The predicted molar refractivity (Wildman–Crippen MR) is 57.4 cm³/mol. The van der Waals surface area contributed by atoms with Crippen LogP contribution in [0.1, 0.15) is 5.56 Å². The van der Waals surface area contributed by atoms with Gasteiger partial charge in [-0.15, -0.1) is 0 Å². The summed E-state index contributed by atoms with van der Waals surface area (Å²) in [6, 6.07) is 3.41. The molecule has 0 fully saturated rings. The van der Waals surface area contributed by atoms with Crippen LogP contribution in [0, 0.1) is 23.0 Å². The number of aliphatic hydroxyl groups excluding tert-OH is 1. The number of nitrogens with zero attached hydrogens (tertiary/aromatic N) is 1. The van der Waals surface area contributed by atoms with E-state index < -0.39 is 17.7 Å². The van der Waals surface area contributed by atoms with Crippen LogP contribution in [0.5, 0.6) is 0 Å². The van der Waals surface area contributed by atoms with Gasteiger partial charge >= 0.3 is 0 Å². The smallest absolute Gasteiger partial charge is 0.183 e. The maximum atomic E-state index is 13.5. The number of rotatable bonds is 5. The van der Waals surface area contributed by atoms with Crippen LogP contribution in [-0.4, -0.2) is 31.5 Å². The van der Waals surface area contributed by atoms with E-state index in [1.54, 1.807) is 0 Å². The Balaban J connectivity index is 2.93. The quantitative estimate of drug-likeness (QED) is 0.815. The Morgan fingerprint density at radius 3 is 2.71 bits per heavy atom. The monoisotopic (exact) mass is 242 g/mol. The topological polar surface area (TPSA) is 65.3 Å². The maximum absolute atomic E-state index is 13.5. The number of ether oxygens (including phenoxy) is 1. The molecule has 2 N–H and O–H groups in total. The molecular weight excluding hydrogens is 230 g/mol. The van der Waals surface area contributed by atoms with E-state index in [-0.39, 0.29) is 24.5 Å². The van der Waals surface area contributed by atoms with E-state index in [2.05, 4.69) is 5.32 Å². The van der Waals surface area contributed by atoms with Gasteiger partial charge in [0.1, 0.15) is 6.07 Å². The third kappa shape index (κ3) is 3.12. The van der Waals surface area contributed by atoms with Gasteiger partial charge in [-0.05, 0) is 12.1 Å². The summed E-state index contributed by atoms with van der Waals surface area (Å²) >= 11 is 0. The van der Waals surface area contributed by atoms with E-state index in [0.29, 0.717) is 0 Å². The molecule has 1 unspecified atom stereocenters. The molecule has 0 heterocycles. The molecule has 4 nitrogen and oxygen atoms in total. The second kappa shape index (κ2) is 6.13. The van der Waals surface area contributed by atoms with Crippen LogP contribution in [0.25, 0.3) is 0 Å². The van der Waals surface area contributed by atoms with Gasteiger partial charge in [-0.1, -0.05) is 0 Å². The average molecular weight is 242 g/mol. The number of nitriles is 1. The number of methoxy groups -OCH3 is 1. The number of hydrogen-bond donors (Lipinski definition) is 2. The van der Waals surface area contributed by atoms with Crippen LogP contribution in [-0.2, 0) is 4.74 Å². The minimum atomic E-state index is -1.20. The molecule has 0 saturated heterocycles. The Morgan fingerprint density at radius 2 is 2.18 bits per heavy atom. The van der Waals surface area contributed by atoms with Crippen molar-refractivity contribution in [3.63, 3.8) is 0 Å². The molecule has 0 aliphatic rings. The minimum Gasteiger partial charge on any atom is -0.394 e. The Labute approximate surface area is 97.4 Å². The van der Waals surface area contributed by atoms with Crippen molar-refractivity contribution in [3.05, 3.63) is 29.3 Å². The molecule has 1 aromatic rings. The summed E-state index contributed by atoms with van der Waals surface area (Å²) in [5.41, 5.74) is -0.474. The molecule has 17 heavy (non-hydrogen) atoms. The minimum absolute atomic E-state index is 0.113. The largest absolute Gasteiger partial charge is 0.394 e.